The number of carbonyl (C=O) groups excluding carboxylic acids is 1. The Labute approximate surface area is 79.0 Å². The number of fused-ring (bicyclic) bond motifs is 1. The molecule has 0 aromatic rings. The minimum Gasteiger partial charge on any atom is -0.458 e. The van der Waals surface area contributed by atoms with E-state index in [0.717, 1.165) is 12.3 Å². The van der Waals surface area contributed by atoms with E-state index >= 15 is 0 Å². The van der Waals surface area contributed by atoms with Crippen molar-refractivity contribution in [3.05, 3.63) is 11.6 Å². The number of ether oxygens (including phenoxy) is 1. The van der Waals surface area contributed by atoms with Crippen LogP contribution in [0.4, 0.5) is 0 Å². The summed E-state index contributed by atoms with van der Waals surface area (Å²) in [6.07, 6.45) is 8.38. The van der Waals surface area contributed by atoms with Crippen molar-refractivity contribution < 1.29 is 9.53 Å². The quantitative estimate of drug-likeness (QED) is 0.457. The molecule has 2 rings (SSSR count). The lowest BCUT2D eigenvalue weighted by Crippen LogP contribution is -2.20. The highest BCUT2D eigenvalue weighted by atomic mass is 16.5. The van der Waals surface area contributed by atoms with Gasteiger partial charge in [0.05, 0.1) is 0 Å². The lowest BCUT2D eigenvalue weighted by molar-refractivity contribution is -0.144. The van der Waals surface area contributed by atoms with Crippen LogP contribution < -0.4 is 0 Å². The van der Waals surface area contributed by atoms with Crippen LogP contribution in [0.5, 0.6) is 0 Å². The second kappa shape index (κ2) is 3.52. The van der Waals surface area contributed by atoms with Crippen molar-refractivity contribution in [3.63, 3.8) is 0 Å². The highest BCUT2D eigenvalue weighted by molar-refractivity contribution is 5.66. The maximum atomic E-state index is 10.8. The van der Waals surface area contributed by atoms with Gasteiger partial charge in [0.15, 0.2) is 0 Å². The summed E-state index contributed by atoms with van der Waals surface area (Å²) in [4.78, 5) is 10.8. The molecule has 0 aliphatic heterocycles. The summed E-state index contributed by atoms with van der Waals surface area (Å²) in [6, 6.07) is 0. The van der Waals surface area contributed by atoms with Gasteiger partial charge in [-0.25, -0.2) is 0 Å². The minimum absolute atomic E-state index is 0.0712. The number of allylic oxidation sites excluding steroid dienone is 1. The van der Waals surface area contributed by atoms with E-state index < -0.39 is 0 Å². The van der Waals surface area contributed by atoms with Crippen LogP contribution in [0.25, 0.3) is 0 Å². The first-order valence-electron chi connectivity index (χ1n) is 5.13. The summed E-state index contributed by atoms with van der Waals surface area (Å²) in [5, 5.41) is 0. The molecule has 2 aliphatic rings. The molecule has 2 unspecified atom stereocenters. The molecule has 2 nitrogen and oxygen atoms in total. The molecule has 2 atom stereocenters. The maximum Gasteiger partial charge on any atom is 0.303 e. The van der Waals surface area contributed by atoms with Crippen molar-refractivity contribution in [2.45, 2.75) is 45.1 Å². The third-order valence-corrected chi connectivity index (χ3v) is 3.06. The smallest absolute Gasteiger partial charge is 0.303 e. The van der Waals surface area contributed by atoms with Gasteiger partial charge < -0.3 is 4.74 Å². The third kappa shape index (κ3) is 1.93. The Hall–Kier alpha value is -0.790. The first kappa shape index (κ1) is 8.79. The Kier molecular flexibility index (Phi) is 2.38. The Morgan fingerprint density at radius 2 is 2.31 bits per heavy atom. The highest BCUT2D eigenvalue weighted by Crippen LogP contribution is 2.38. The largest absolute Gasteiger partial charge is 0.458 e. The molecule has 0 bridgehead atoms. The van der Waals surface area contributed by atoms with Crippen LogP contribution in [0, 0.1) is 5.92 Å². The van der Waals surface area contributed by atoms with Crippen LogP contribution in [-0.2, 0) is 9.53 Å². The Morgan fingerprint density at radius 3 is 3.08 bits per heavy atom. The average molecular weight is 180 g/mol. The topological polar surface area (TPSA) is 26.3 Å². The van der Waals surface area contributed by atoms with Gasteiger partial charge >= 0.3 is 5.97 Å². The SMILES string of the molecule is CC(=O)OC1C=C2CCCC2CC1. The van der Waals surface area contributed by atoms with E-state index in [-0.39, 0.29) is 12.1 Å². The van der Waals surface area contributed by atoms with Crippen molar-refractivity contribution in [1.29, 1.82) is 0 Å². The molecular weight excluding hydrogens is 164 g/mol. The fourth-order valence-corrected chi connectivity index (χ4v) is 2.48. The highest BCUT2D eigenvalue weighted by Gasteiger charge is 2.27. The van der Waals surface area contributed by atoms with E-state index in [2.05, 4.69) is 6.08 Å². The van der Waals surface area contributed by atoms with Crippen LogP contribution >= 0.6 is 0 Å². The molecule has 0 N–H and O–H groups in total. The molecule has 0 aromatic heterocycles. The summed E-state index contributed by atoms with van der Waals surface area (Å²) in [5.41, 5.74) is 1.54. The van der Waals surface area contributed by atoms with E-state index in [1.807, 2.05) is 0 Å². The number of esters is 1. The number of hydrogen-bond acceptors (Lipinski definition) is 2. The van der Waals surface area contributed by atoms with Gasteiger partial charge in [-0.05, 0) is 44.1 Å². The molecule has 0 radical (unpaired) electrons. The Morgan fingerprint density at radius 1 is 1.46 bits per heavy atom. The van der Waals surface area contributed by atoms with Crippen molar-refractivity contribution >= 4 is 5.97 Å². The van der Waals surface area contributed by atoms with E-state index in [1.54, 1.807) is 0 Å². The van der Waals surface area contributed by atoms with Gasteiger partial charge in [0.1, 0.15) is 6.10 Å². The molecule has 1 fully saturated rings. The zero-order chi connectivity index (χ0) is 9.26. The number of hydrogen-bond donors (Lipinski definition) is 0. The molecule has 72 valence electrons. The molecule has 1 saturated carbocycles. The minimum atomic E-state index is -0.154. The van der Waals surface area contributed by atoms with Crippen LogP contribution in [0.1, 0.15) is 39.0 Å². The van der Waals surface area contributed by atoms with E-state index in [4.69, 9.17) is 4.74 Å². The van der Waals surface area contributed by atoms with Crippen molar-refractivity contribution in [2.24, 2.45) is 5.92 Å². The zero-order valence-corrected chi connectivity index (χ0v) is 8.08. The van der Waals surface area contributed by atoms with Crippen LogP contribution in [-0.4, -0.2) is 12.1 Å². The second-order valence-corrected chi connectivity index (χ2v) is 4.06. The zero-order valence-electron chi connectivity index (χ0n) is 8.08. The second-order valence-electron chi connectivity index (χ2n) is 4.06. The van der Waals surface area contributed by atoms with Gasteiger partial charge in [0.25, 0.3) is 0 Å². The van der Waals surface area contributed by atoms with Gasteiger partial charge in [-0.1, -0.05) is 5.57 Å². The van der Waals surface area contributed by atoms with Gasteiger partial charge in [-0.3, -0.25) is 4.79 Å². The van der Waals surface area contributed by atoms with Gasteiger partial charge in [0, 0.05) is 6.92 Å². The molecular formula is C11H16O2. The molecule has 0 spiro atoms. The monoisotopic (exact) mass is 180 g/mol. The Balaban J connectivity index is 2.01. The number of carbonyl (C=O) groups is 1. The summed E-state index contributed by atoms with van der Waals surface area (Å²) >= 11 is 0. The van der Waals surface area contributed by atoms with Crippen LogP contribution in [0.2, 0.25) is 0 Å². The normalized spacial score (nSPS) is 32.2. The first-order valence-corrected chi connectivity index (χ1v) is 5.13. The molecule has 0 aromatic carbocycles. The summed E-state index contributed by atoms with van der Waals surface area (Å²) in [5.74, 6) is 0.658. The molecule has 2 heteroatoms. The average Bonchev–Trinajstić information content (AvgIpc) is 2.49. The molecule has 2 aliphatic carbocycles. The van der Waals surface area contributed by atoms with E-state index in [0.29, 0.717) is 0 Å². The van der Waals surface area contributed by atoms with Gasteiger partial charge in [-0.2, -0.15) is 0 Å². The molecule has 0 saturated heterocycles. The lowest BCUT2D eigenvalue weighted by Gasteiger charge is -2.23. The maximum absolute atomic E-state index is 10.8. The predicted molar refractivity (Wildman–Crippen MR) is 50.2 cm³/mol. The van der Waals surface area contributed by atoms with Gasteiger partial charge in [-0.15, -0.1) is 0 Å². The number of rotatable bonds is 1. The first-order chi connectivity index (χ1) is 6.25. The summed E-state index contributed by atoms with van der Waals surface area (Å²) in [6.45, 7) is 1.49. The standard InChI is InChI=1S/C11H16O2/c1-8(12)13-11-6-5-9-3-2-4-10(9)7-11/h7,9,11H,2-6H2,1H3. The fourth-order valence-electron chi connectivity index (χ4n) is 2.48. The van der Waals surface area contributed by atoms with Crippen LogP contribution in [0.15, 0.2) is 11.6 Å². The molecule has 0 amide bonds. The van der Waals surface area contributed by atoms with Gasteiger partial charge in [0.2, 0.25) is 0 Å². The fraction of sp³-hybridized carbons (Fsp3) is 0.727. The summed E-state index contributed by atoms with van der Waals surface area (Å²) in [7, 11) is 0. The third-order valence-electron chi connectivity index (χ3n) is 3.06. The molecule has 13 heavy (non-hydrogen) atoms. The predicted octanol–water partition coefficient (Wildman–Crippen LogP) is 2.44. The van der Waals surface area contributed by atoms with Crippen molar-refractivity contribution in [2.75, 3.05) is 0 Å². The van der Waals surface area contributed by atoms with E-state index in [9.17, 15) is 4.79 Å². The Bertz CT molecular complexity index is 242. The molecule has 0 heterocycles. The lowest BCUT2D eigenvalue weighted by atomic mass is 9.89. The van der Waals surface area contributed by atoms with Crippen LogP contribution in [0.3, 0.4) is 0 Å². The van der Waals surface area contributed by atoms with Crippen molar-refractivity contribution in [3.8, 4) is 0 Å². The van der Waals surface area contributed by atoms with E-state index in [1.165, 1.54) is 38.2 Å². The summed E-state index contributed by atoms with van der Waals surface area (Å²) < 4.78 is 5.18. The van der Waals surface area contributed by atoms with Crippen molar-refractivity contribution in [1.82, 2.24) is 0 Å².